The second kappa shape index (κ2) is 9.98. The molecule has 3 rings (SSSR count). The largest absolute Gasteiger partial charge is 0.493 e. The normalized spacial score (nSPS) is 11.3. The van der Waals surface area contributed by atoms with Crippen LogP contribution in [0.1, 0.15) is 27.3 Å². The summed E-state index contributed by atoms with van der Waals surface area (Å²) in [6.45, 7) is 1.80. The lowest BCUT2D eigenvalue weighted by Crippen LogP contribution is -2.35. The Kier molecular flexibility index (Phi) is 7.29. The Bertz CT molecular complexity index is 1250. The summed E-state index contributed by atoms with van der Waals surface area (Å²) in [5.74, 6) is 0.499. The molecule has 180 valence electrons. The molecule has 0 aliphatic carbocycles. The number of nitrogens with zero attached hydrogens (tertiary/aromatic N) is 3. The summed E-state index contributed by atoms with van der Waals surface area (Å²) in [6, 6.07) is 11.1. The maximum Gasteiger partial charge on any atom is 0.416 e. The van der Waals surface area contributed by atoms with Crippen LogP contribution in [0.25, 0.3) is 5.69 Å². The molecule has 2 aromatic carbocycles. The van der Waals surface area contributed by atoms with E-state index in [0.717, 1.165) is 22.4 Å². The average molecular weight is 475 g/mol. The van der Waals surface area contributed by atoms with Crippen molar-refractivity contribution < 1.29 is 27.4 Å². The first-order valence-electron chi connectivity index (χ1n) is 10.3. The van der Waals surface area contributed by atoms with Crippen LogP contribution in [0.5, 0.6) is 11.5 Å². The summed E-state index contributed by atoms with van der Waals surface area (Å²) in [5.41, 5.74) is -0.565. The number of benzene rings is 2. The van der Waals surface area contributed by atoms with Gasteiger partial charge in [-0.05, 0) is 49.2 Å². The summed E-state index contributed by atoms with van der Waals surface area (Å²) in [6.07, 6.45) is -4.07. The Morgan fingerprint density at radius 3 is 2.41 bits per heavy atom. The number of ether oxygens (including phenoxy) is 2. The molecular weight excluding hydrogens is 451 g/mol. The number of hydrogen-bond acceptors (Lipinski definition) is 5. The van der Waals surface area contributed by atoms with Gasteiger partial charge in [-0.25, -0.2) is 4.68 Å². The third-order valence-corrected chi connectivity index (χ3v) is 5.26. The lowest BCUT2D eigenvalue weighted by atomic mass is 10.1. The van der Waals surface area contributed by atoms with E-state index in [1.807, 2.05) is 6.07 Å². The summed E-state index contributed by atoms with van der Waals surface area (Å²) in [5, 5.41) is 4.10. The Balaban J connectivity index is 1.84. The first kappa shape index (κ1) is 24.8. The lowest BCUT2D eigenvalue weighted by molar-refractivity contribution is -0.137. The van der Waals surface area contributed by atoms with Gasteiger partial charge in [0.05, 0.1) is 25.5 Å². The lowest BCUT2D eigenvalue weighted by Gasteiger charge is -2.18. The van der Waals surface area contributed by atoms with Crippen LogP contribution in [-0.2, 0) is 12.6 Å². The zero-order chi connectivity index (χ0) is 25.0. The van der Waals surface area contributed by atoms with E-state index >= 15 is 0 Å². The Morgan fingerprint density at radius 2 is 1.76 bits per heavy atom. The van der Waals surface area contributed by atoms with Gasteiger partial charge in [0.25, 0.3) is 5.91 Å². The van der Waals surface area contributed by atoms with Crippen molar-refractivity contribution in [2.75, 3.05) is 27.8 Å². The number of amides is 1. The molecule has 1 amide bonds. The molecule has 0 N–H and O–H groups in total. The fourth-order valence-electron chi connectivity index (χ4n) is 3.39. The van der Waals surface area contributed by atoms with Gasteiger partial charge in [-0.3, -0.25) is 9.59 Å². The van der Waals surface area contributed by atoms with Gasteiger partial charge < -0.3 is 14.4 Å². The molecule has 0 saturated heterocycles. The fraction of sp³-hybridized carbons (Fsp3) is 0.292. The molecule has 0 aliphatic heterocycles. The number of likely N-dealkylation sites (N-methyl/N-ethyl adjacent to an activating group) is 1. The van der Waals surface area contributed by atoms with Crippen molar-refractivity contribution >= 4 is 5.91 Å². The number of carbonyl (C=O) groups excluding carboxylic acids is 1. The summed E-state index contributed by atoms with van der Waals surface area (Å²) < 4.78 is 51.0. The summed E-state index contributed by atoms with van der Waals surface area (Å²) in [7, 11) is 4.58. The molecule has 0 unspecified atom stereocenters. The minimum Gasteiger partial charge on any atom is -0.493 e. The molecule has 1 aromatic heterocycles. The number of halogens is 3. The molecular formula is C24H24F3N3O4. The predicted octanol–water partition coefficient (Wildman–Crippen LogP) is 3.89. The minimum atomic E-state index is -4.54. The van der Waals surface area contributed by atoms with Gasteiger partial charge in [-0.15, -0.1) is 0 Å². The molecule has 0 aliphatic rings. The number of hydrogen-bond donors (Lipinski definition) is 0. The van der Waals surface area contributed by atoms with Crippen LogP contribution >= 0.6 is 0 Å². The van der Waals surface area contributed by atoms with Gasteiger partial charge in [0, 0.05) is 25.4 Å². The van der Waals surface area contributed by atoms with E-state index in [2.05, 4.69) is 5.10 Å². The molecule has 0 atom stereocenters. The smallest absolute Gasteiger partial charge is 0.416 e. The highest BCUT2D eigenvalue weighted by molar-refractivity contribution is 5.91. The first-order valence-corrected chi connectivity index (χ1v) is 10.3. The highest BCUT2D eigenvalue weighted by Gasteiger charge is 2.30. The highest BCUT2D eigenvalue weighted by Crippen LogP contribution is 2.30. The molecule has 7 nitrogen and oxygen atoms in total. The Hall–Kier alpha value is -3.82. The molecule has 34 heavy (non-hydrogen) atoms. The van der Waals surface area contributed by atoms with E-state index in [1.165, 1.54) is 51.3 Å². The van der Waals surface area contributed by atoms with Crippen LogP contribution in [0.3, 0.4) is 0 Å². The van der Waals surface area contributed by atoms with Crippen LogP contribution in [0.2, 0.25) is 0 Å². The second-order valence-corrected chi connectivity index (χ2v) is 7.62. The zero-order valence-electron chi connectivity index (χ0n) is 19.1. The highest BCUT2D eigenvalue weighted by atomic mass is 19.4. The Labute approximate surface area is 194 Å². The maximum absolute atomic E-state index is 13.1. The van der Waals surface area contributed by atoms with Gasteiger partial charge in [-0.1, -0.05) is 12.1 Å². The van der Waals surface area contributed by atoms with Crippen molar-refractivity contribution in [1.82, 2.24) is 14.7 Å². The first-order chi connectivity index (χ1) is 16.0. The standard InChI is InChI=1S/C24H24F3N3O4/c1-15-12-19(31)22(28-30(15)18-7-5-6-17(14-18)24(25,26)27)23(32)29(2)11-10-16-8-9-20(33-3)21(13-16)34-4/h5-9,12-14H,10-11H2,1-4H3. The number of carbonyl (C=O) groups is 1. The van der Waals surface area contributed by atoms with Gasteiger partial charge in [0.2, 0.25) is 5.43 Å². The average Bonchev–Trinajstić information content (AvgIpc) is 2.81. The van der Waals surface area contributed by atoms with E-state index in [1.54, 1.807) is 12.1 Å². The van der Waals surface area contributed by atoms with E-state index in [4.69, 9.17) is 9.47 Å². The number of methoxy groups -OCH3 is 2. The quantitative estimate of drug-likeness (QED) is 0.519. The van der Waals surface area contributed by atoms with Crippen LogP contribution in [0.4, 0.5) is 13.2 Å². The Morgan fingerprint density at radius 1 is 1.06 bits per heavy atom. The van der Waals surface area contributed by atoms with Crippen molar-refractivity contribution in [3.8, 4) is 17.2 Å². The van der Waals surface area contributed by atoms with Crippen molar-refractivity contribution in [3.05, 3.63) is 81.3 Å². The fourth-order valence-corrected chi connectivity index (χ4v) is 3.39. The van der Waals surface area contributed by atoms with Crippen molar-refractivity contribution in [3.63, 3.8) is 0 Å². The molecule has 1 heterocycles. The predicted molar refractivity (Wildman–Crippen MR) is 120 cm³/mol. The van der Waals surface area contributed by atoms with Crippen LogP contribution in [0, 0.1) is 6.92 Å². The summed E-state index contributed by atoms with van der Waals surface area (Å²) >= 11 is 0. The minimum absolute atomic E-state index is 0.0920. The van der Waals surface area contributed by atoms with Crippen LogP contribution in [0.15, 0.2) is 53.3 Å². The van der Waals surface area contributed by atoms with Gasteiger partial charge in [0.1, 0.15) is 0 Å². The molecule has 0 radical (unpaired) electrons. The molecule has 3 aromatic rings. The van der Waals surface area contributed by atoms with E-state index in [-0.39, 0.29) is 17.9 Å². The van der Waals surface area contributed by atoms with Gasteiger partial charge in [-0.2, -0.15) is 18.3 Å². The third-order valence-electron chi connectivity index (χ3n) is 5.26. The molecule has 0 saturated carbocycles. The number of alkyl halides is 3. The zero-order valence-corrected chi connectivity index (χ0v) is 19.1. The van der Waals surface area contributed by atoms with Gasteiger partial charge in [0.15, 0.2) is 17.2 Å². The summed E-state index contributed by atoms with van der Waals surface area (Å²) in [4.78, 5) is 26.8. The maximum atomic E-state index is 13.1. The molecule has 10 heteroatoms. The number of aromatic nitrogens is 2. The SMILES string of the molecule is COc1ccc(CCN(C)C(=O)c2nn(-c3cccc(C(F)(F)F)c3)c(C)cc2=O)cc1OC. The van der Waals surface area contributed by atoms with Crippen molar-refractivity contribution in [2.24, 2.45) is 0 Å². The molecule has 0 bridgehead atoms. The monoisotopic (exact) mass is 475 g/mol. The van der Waals surface area contributed by atoms with E-state index in [9.17, 15) is 22.8 Å². The number of aryl methyl sites for hydroxylation is 1. The molecule has 0 spiro atoms. The second-order valence-electron chi connectivity index (χ2n) is 7.62. The molecule has 0 fully saturated rings. The van der Waals surface area contributed by atoms with Crippen molar-refractivity contribution in [1.29, 1.82) is 0 Å². The van der Waals surface area contributed by atoms with E-state index < -0.39 is 23.1 Å². The van der Waals surface area contributed by atoms with Crippen molar-refractivity contribution in [2.45, 2.75) is 19.5 Å². The van der Waals surface area contributed by atoms with E-state index in [0.29, 0.717) is 23.6 Å². The van der Waals surface area contributed by atoms with Crippen LogP contribution < -0.4 is 14.9 Å². The number of rotatable bonds is 7. The van der Waals surface area contributed by atoms with Gasteiger partial charge >= 0.3 is 6.18 Å². The topological polar surface area (TPSA) is 73.7 Å². The third kappa shape index (κ3) is 5.38. The van der Waals surface area contributed by atoms with Crippen LogP contribution in [-0.4, -0.2) is 48.4 Å².